The maximum absolute atomic E-state index is 12.9. The average molecular weight is 408 g/mol. The summed E-state index contributed by atoms with van der Waals surface area (Å²) < 4.78 is 0. The highest BCUT2D eigenvalue weighted by molar-refractivity contribution is 6.09. The molecule has 0 unspecified atom stereocenters. The molecule has 0 spiro atoms. The van der Waals surface area contributed by atoms with E-state index in [1.807, 2.05) is 37.3 Å². The smallest absolute Gasteiger partial charge is 0.325 e. The van der Waals surface area contributed by atoms with Gasteiger partial charge in [0.15, 0.2) is 0 Å². The van der Waals surface area contributed by atoms with Crippen LogP contribution in [-0.4, -0.2) is 29.3 Å². The monoisotopic (exact) mass is 407 g/mol. The van der Waals surface area contributed by atoms with Crippen LogP contribution in [-0.2, 0) is 21.5 Å². The van der Waals surface area contributed by atoms with Gasteiger partial charge in [0.2, 0.25) is 5.91 Å². The number of imide groups is 1. The summed E-state index contributed by atoms with van der Waals surface area (Å²) in [4.78, 5) is 38.8. The summed E-state index contributed by atoms with van der Waals surface area (Å²) in [5.41, 5.74) is 1.74. The molecule has 1 aliphatic heterocycles. The number of nitrogens with zero attached hydrogens (tertiary/aromatic N) is 1. The first-order valence-electron chi connectivity index (χ1n) is 10.3. The first-order chi connectivity index (χ1) is 14.2. The van der Waals surface area contributed by atoms with E-state index in [0.29, 0.717) is 11.5 Å². The molecule has 3 rings (SSSR count). The molecule has 6 nitrogen and oxygen atoms in total. The largest absolute Gasteiger partial charge is 0.348 e. The summed E-state index contributed by atoms with van der Waals surface area (Å²) in [6.45, 7) is 7.57. The standard InChI is InChI=1S/C24H29N3O3/c1-16(2)14-18-10-12-19(13-11-18)17(3)25-21(28)15-27-22(29)24(4,26-23(27)30)20-8-6-5-7-9-20/h5-13,16-17H,14-15H2,1-4H3,(H,25,28)(H,26,30)/t17-,24-/m0/s1. The number of amides is 4. The first-order valence-corrected chi connectivity index (χ1v) is 10.3. The van der Waals surface area contributed by atoms with Crippen molar-refractivity contribution in [3.05, 3.63) is 71.3 Å². The lowest BCUT2D eigenvalue weighted by atomic mass is 9.92. The minimum Gasteiger partial charge on any atom is -0.348 e. The van der Waals surface area contributed by atoms with Gasteiger partial charge < -0.3 is 10.6 Å². The molecule has 0 saturated carbocycles. The maximum Gasteiger partial charge on any atom is 0.325 e. The van der Waals surface area contributed by atoms with Crippen LogP contribution in [0.5, 0.6) is 0 Å². The third-order valence-corrected chi connectivity index (χ3v) is 5.43. The van der Waals surface area contributed by atoms with Gasteiger partial charge in [-0.3, -0.25) is 14.5 Å². The fourth-order valence-electron chi connectivity index (χ4n) is 3.74. The van der Waals surface area contributed by atoms with Crippen molar-refractivity contribution in [1.82, 2.24) is 15.5 Å². The van der Waals surface area contributed by atoms with Gasteiger partial charge in [-0.05, 0) is 42.9 Å². The molecular formula is C24H29N3O3. The number of benzene rings is 2. The summed E-state index contributed by atoms with van der Waals surface area (Å²) in [6, 6.07) is 16.4. The molecule has 30 heavy (non-hydrogen) atoms. The Balaban J connectivity index is 1.63. The van der Waals surface area contributed by atoms with Gasteiger partial charge in [-0.25, -0.2) is 4.79 Å². The van der Waals surface area contributed by atoms with Crippen molar-refractivity contribution in [2.75, 3.05) is 6.54 Å². The van der Waals surface area contributed by atoms with Crippen molar-refractivity contribution in [3.8, 4) is 0 Å². The second-order valence-corrected chi connectivity index (χ2v) is 8.44. The lowest BCUT2D eigenvalue weighted by Gasteiger charge is -2.22. The lowest BCUT2D eigenvalue weighted by molar-refractivity contribution is -0.135. The van der Waals surface area contributed by atoms with Gasteiger partial charge in [0, 0.05) is 0 Å². The second-order valence-electron chi connectivity index (χ2n) is 8.44. The Kier molecular flexibility index (Phi) is 6.25. The first kappa shape index (κ1) is 21.6. The topological polar surface area (TPSA) is 78.5 Å². The van der Waals surface area contributed by atoms with Crippen LogP contribution in [0.3, 0.4) is 0 Å². The van der Waals surface area contributed by atoms with Gasteiger partial charge in [0.1, 0.15) is 12.1 Å². The zero-order valence-electron chi connectivity index (χ0n) is 17.9. The molecule has 1 fully saturated rings. The Labute approximate surface area is 177 Å². The summed E-state index contributed by atoms with van der Waals surface area (Å²) >= 11 is 0. The summed E-state index contributed by atoms with van der Waals surface area (Å²) in [7, 11) is 0. The van der Waals surface area contributed by atoms with Crippen molar-refractivity contribution in [1.29, 1.82) is 0 Å². The van der Waals surface area contributed by atoms with Crippen molar-refractivity contribution in [2.24, 2.45) is 5.92 Å². The van der Waals surface area contributed by atoms with E-state index in [1.54, 1.807) is 19.1 Å². The second kappa shape index (κ2) is 8.69. The Bertz CT molecular complexity index is 924. The molecule has 1 saturated heterocycles. The third kappa shape index (κ3) is 4.53. The van der Waals surface area contributed by atoms with E-state index in [1.165, 1.54) is 5.56 Å². The van der Waals surface area contributed by atoms with E-state index < -0.39 is 17.5 Å². The molecule has 158 valence electrons. The van der Waals surface area contributed by atoms with Gasteiger partial charge in [0.25, 0.3) is 5.91 Å². The lowest BCUT2D eigenvalue weighted by Crippen LogP contribution is -2.43. The molecule has 0 bridgehead atoms. The highest BCUT2D eigenvalue weighted by atomic mass is 16.2. The Hall–Kier alpha value is -3.15. The molecule has 1 heterocycles. The quantitative estimate of drug-likeness (QED) is 0.689. The average Bonchev–Trinajstić information content (AvgIpc) is 2.92. The van der Waals surface area contributed by atoms with Crippen LogP contribution in [0.15, 0.2) is 54.6 Å². The number of nitrogens with one attached hydrogen (secondary N) is 2. The van der Waals surface area contributed by atoms with Gasteiger partial charge >= 0.3 is 6.03 Å². The molecule has 2 aromatic carbocycles. The van der Waals surface area contributed by atoms with Gasteiger partial charge in [-0.1, -0.05) is 68.4 Å². The molecule has 2 N–H and O–H groups in total. The van der Waals surface area contributed by atoms with Crippen molar-refractivity contribution < 1.29 is 14.4 Å². The third-order valence-electron chi connectivity index (χ3n) is 5.43. The number of hydrogen-bond donors (Lipinski definition) is 2. The molecule has 2 atom stereocenters. The maximum atomic E-state index is 12.9. The van der Waals surface area contributed by atoms with Crippen LogP contribution < -0.4 is 10.6 Å². The van der Waals surface area contributed by atoms with Crippen molar-refractivity contribution in [2.45, 2.75) is 45.7 Å². The molecule has 6 heteroatoms. The highest BCUT2D eigenvalue weighted by Gasteiger charge is 2.49. The van der Waals surface area contributed by atoms with E-state index in [0.717, 1.165) is 16.9 Å². The fourth-order valence-corrected chi connectivity index (χ4v) is 3.74. The molecule has 4 amide bonds. The Morgan fingerprint density at radius 1 is 1.03 bits per heavy atom. The van der Waals surface area contributed by atoms with Crippen molar-refractivity contribution >= 4 is 17.8 Å². The number of hydrogen-bond acceptors (Lipinski definition) is 3. The van der Waals surface area contributed by atoms with E-state index >= 15 is 0 Å². The minimum absolute atomic E-state index is 0.230. The van der Waals surface area contributed by atoms with Crippen LogP contribution in [0.1, 0.15) is 50.4 Å². The molecule has 0 aliphatic carbocycles. The summed E-state index contributed by atoms with van der Waals surface area (Å²) in [5, 5.41) is 5.59. The van der Waals surface area contributed by atoms with Crippen LogP contribution in [0.4, 0.5) is 4.79 Å². The minimum atomic E-state index is -1.17. The van der Waals surface area contributed by atoms with E-state index in [2.05, 4.69) is 36.6 Å². The van der Waals surface area contributed by atoms with Crippen LogP contribution in [0.25, 0.3) is 0 Å². The molecule has 2 aromatic rings. The molecular weight excluding hydrogens is 378 g/mol. The Morgan fingerprint density at radius 3 is 2.27 bits per heavy atom. The number of urea groups is 1. The number of carbonyl (C=O) groups excluding carboxylic acids is 3. The van der Waals surface area contributed by atoms with Crippen LogP contribution in [0.2, 0.25) is 0 Å². The van der Waals surface area contributed by atoms with E-state index in [-0.39, 0.29) is 18.5 Å². The highest BCUT2D eigenvalue weighted by Crippen LogP contribution is 2.28. The van der Waals surface area contributed by atoms with Gasteiger partial charge in [0.05, 0.1) is 6.04 Å². The zero-order chi connectivity index (χ0) is 21.9. The van der Waals surface area contributed by atoms with E-state index in [4.69, 9.17) is 0 Å². The number of carbonyl (C=O) groups is 3. The van der Waals surface area contributed by atoms with Gasteiger partial charge in [-0.2, -0.15) is 0 Å². The molecule has 0 aromatic heterocycles. The SMILES string of the molecule is CC(C)Cc1ccc([C@H](C)NC(=O)CN2C(=O)N[C@@](C)(c3ccccc3)C2=O)cc1. The van der Waals surface area contributed by atoms with Crippen LogP contribution >= 0.6 is 0 Å². The van der Waals surface area contributed by atoms with Gasteiger partial charge in [-0.15, -0.1) is 0 Å². The van der Waals surface area contributed by atoms with E-state index in [9.17, 15) is 14.4 Å². The number of rotatable bonds is 7. The van der Waals surface area contributed by atoms with Crippen LogP contribution in [0, 0.1) is 5.92 Å². The molecule has 0 radical (unpaired) electrons. The fraction of sp³-hybridized carbons (Fsp3) is 0.375. The summed E-state index contributed by atoms with van der Waals surface area (Å²) in [6.07, 6.45) is 1.01. The zero-order valence-corrected chi connectivity index (χ0v) is 17.9. The molecule has 1 aliphatic rings. The Morgan fingerprint density at radius 2 is 1.67 bits per heavy atom. The predicted octanol–water partition coefficient (Wildman–Crippen LogP) is 3.53. The predicted molar refractivity (Wildman–Crippen MR) is 116 cm³/mol. The van der Waals surface area contributed by atoms with Crippen molar-refractivity contribution in [3.63, 3.8) is 0 Å². The normalized spacial score (nSPS) is 19.7. The summed E-state index contributed by atoms with van der Waals surface area (Å²) in [5.74, 6) is -0.229.